The van der Waals surface area contributed by atoms with Crippen LogP contribution >= 0.6 is 0 Å². The van der Waals surface area contributed by atoms with E-state index in [9.17, 15) is 9.59 Å². The van der Waals surface area contributed by atoms with Crippen LogP contribution in [0.4, 0.5) is 0 Å². The molecule has 5 heteroatoms. The Hall–Kier alpha value is -1.10. The first-order valence-corrected chi connectivity index (χ1v) is 6.79. The molecule has 112 valence electrons. The molecule has 0 aliphatic heterocycles. The van der Waals surface area contributed by atoms with Gasteiger partial charge in [-0.05, 0) is 24.2 Å². The van der Waals surface area contributed by atoms with Crippen LogP contribution in [0.5, 0.6) is 0 Å². The highest BCUT2D eigenvalue weighted by atomic mass is 16.4. The number of hydrogen-bond donors (Lipinski definition) is 3. The topological polar surface area (TPSA) is 92.4 Å². The fourth-order valence-corrected chi connectivity index (χ4v) is 2.04. The molecule has 0 aromatic carbocycles. The summed E-state index contributed by atoms with van der Waals surface area (Å²) in [6.45, 7) is 10.0. The standard InChI is InChI=1S/C14H28N2O3/c1-9(2)6-11(13(18)19)16-12(17)7-10(15)8-14(3,4)5/h9-11H,6-8,15H2,1-5H3,(H,16,17)(H,18,19)/t10?,11-/m1/s1. The molecule has 0 bridgehead atoms. The van der Waals surface area contributed by atoms with Gasteiger partial charge in [-0.15, -0.1) is 0 Å². The Bertz CT molecular complexity index is 308. The van der Waals surface area contributed by atoms with Gasteiger partial charge in [0.15, 0.2) is 0 Å². The molecule has 19 heavy (non-hydrogen) atoms. The molecule has 5 nitrogen and oxygen atoms in total. The summed E-state index contributed by atoms with van der Waals surface area (Å²) in [5, 5.41) is 11.6. The molecule has 1 unspecified atom stereocenters. The van der Waals surface area contributed by atoms with Crippen molar-refractivity contribution in [3.05, 3.63) is 0 Å². The minimum Gasteiger partial charge on any atom is -0.480 e. The molecular weight excluding hydrogens is 244 g/mol. The average molecular weight is 272 g/mol. The lowest BCUT2D eigenvalue weighted by molar-refractivity contribution is -0.142. The highest BCUT2D eigenvalue weighted by Crippen LogP contribution is 2.21. The normalized spacial score (nSPS) is 15.1. The van der Waals surface area contributed by atoms with Crippen molar-refractivity contribution in [1.82, 2.24) is 5.32 Å². The number of nitrogens with two attached hydrogens (primary N) is 1. The van der Waals surface area contributed by atoms with E-state index in [0.717, 1.165) is 6.42 Å². The molecular formula is C14H28N2O3. The van der Waals surface area contributed by atoms with E-state index in [1.165, 1.54) is 0 Å². The number of nitrogens with one attached hydrogen (secondary N) is 1. The molecule has 0 fully saturated rings. The van der Waals surface area contributed by atoms with Crippen molar-refractivity contribution in [3.8, 4) is 0 Å². The molecule has 0 rings (SSSR count). The largest absolute Gasteiger partial charge is 0.480 e. The van der Waals surface area contributed by atoms with Crippen LogP contribution in [0.25, 0.3) is 0 Å². The van der Waals surface area contributed by atoms with Crippen molar-refractivity contribution in [3.63, 3.8) is 0 Å². The first-order valence-electron chi connectivity index (χ1n) is 6.79. The van der Waals surface area contributed by atoms with E-state index in [1.807, 2.05) is 13.8 Å². The van der Waals surface area contributed by atoms with Crippen LogP contribution in [-0.2, 0) is 9.59 Å². The van der Waals surface area contributed by atoms with Gasteiger partial charge in [0.2, 0.25) is 5.91 Å². The third kappa shape index (κ3) is 9.47. The van der Waals surface area contributed by atoms with Gasteiger partial charge in [-0.25, -0.2) is 4.79 Å². The molecule has 0 radical (unpaired) electrons. The number of amides is 1. The second-order valence-electron chi connectivity index (χ2n) is 6.82. The van der Waals surface area contributed by atoms with Crippen LogP contribution in [0.15, 0.2) is 0 Å². The average Bonchev–Trinajstić information content (AvgIpc) is 2.11. The van der Waals surface area contributed by atoms with Crippen LogP contribution in [0.2, 0.25) is 0 Å². The van der Waals surface area contributed by atoms with Crippen LogP contribution in [0.1, 0.15) is 53.9 Å². The number of rotatable bonds is 7. The number of carboxylic acids is 1. The minimum absolute atomic E-state index is 0.0594. The maximum absolute atomic E-state index is 11.8. The highest BCUT2D eigenvalue weighted by Gasteiger charge is 2.23. The SMILES string of the molecule is CC(C)C[C@@H](NC(=O)CC(N)CC(C)(C)C)C(=O)O. The van der Waals surface area contributed by atoms with Crippen molar-refractivity contribution >= 4 is 11.9 Å². The number of carboxylic acid groups (broad SMARTS) is 1. The molecule has 0 aromatic rings. The summed E-state index contributed by atoms with van der Waals surface area (Å²) >= 11 is 0. The molecule has 4 N–H and O–H groups in total. The van der Waals surface area contributed by atoms with E-state index in [2.05, 4.69) is 26.1 Å². The van der Waals surface area contributed by atoms with E-state index in [4.69, 9.17) is 10.8 Å². The van der Waals surface area contributed by atoms with E-state index in [0.29, 0.717) is 6.42 Å². The van der Waals surface area contributed by atoms with Crippen LogP contribution < -0.4 is 11.1 Å². The van der Waals surface area contributed by atoms with E-state index in [-0.39, 0.29) is 29.7 Å². The summed E-state index contributed by atoms with van der Waals surface area (Å²) in [6.07, 6.45) is 1.32. The van der Waals surface area contributed by atoms with E-state index >= 15 is 0 Å². The monoisotopic (exact) mass is 272 g/mol. The van der Waals surface area contributed by atoms with Gasteiger partial charge >= 0.3 is 5.97 Å². The minimum atomic E-state index is -0.994. The summed E-state index contributed by atoms with van der Waals surface area (Å²) in [6, 6.07) is -1.07. The zero-order valence-corrected chi connectivity index (χ0v) is 12.7. The molecule has 0 aliphatic carbocycles. The molecule has 2 atom stereocenters. The summed E-state index contributed by atoms with van der Waals surface area (Å²) in [5.41, 5.74) is 5.96. The molecule has 0 saturated carbocycles. The number of hydrogen-bond acceptors (Lipinski definition) is 3. The number of carbonyl (C=O) groups is 2. The first-order chi connectivity index (χ1) is 8.51. The molecule has 1 amide bonds. The van der Waals surface area contributed by atoms with Crippen LogP contribution in [0, 0.1) is 11.3 Å². The molecule has 0 aliphatic rings. The number of aliphatic carboxylic acids is 1. The lowest BCUT2D eigenvalue weighted by Gasteiger charge is -2.23. The molecule has 0 spiro atoms. The van der Waals surface area contributed by atoms with Gasteiger partial charge in [-0.3, -0.25) is 4.79 Å². The second-order valence-corrected chi connectivity index (χ2v) is 6.82. The Labute approximate surface area is 115 Å². The van der Waals surface area contributed by atoms with E-state index < -0.39 is 12.0 Å². The molecule has 0 heterocycles. The summed E-state index contributed by atoms with van der Waals surface area (Å²) in [5.74, 6) is -1.07. The number of carbonyl (C=O) groups excluding carboxylic acids is 1. The summed E-state index contributed by atoms with van der Waals surface area (Å²) in [4.78, 5) is 22.8. The quantitative estimate of drug-likeness (QED) is 0.658. The van der Waals surface area contributed by atoms with Gasteiger partial charge in [-0.2, -0.15) is 0 Å². The Kier molecular flexibility index (Phi) is 7.05. The Morgan fingerprint density at radius 1 is 1.26 bits per heavy atom. The molecule has 0 saturated heterocycles. The first kappa shape index (κ1) is 17.9. The zero-order chi connectivity index (χ0) is 15.2. The van der Waals surface area contributed by atoms with Gasteiger partial charge in [0.25, 0.3) is 0 Å². The Morgan fingerprint density at radius 2 is 1.79 bits per heavy atom. The maximum Gasteiger partial charge on any atom is 0.326 e. The molecule has 0 aromatic heterocycles. The van der Waals surface area contributed by atoms with Crippen LogP contribution in [-0.4, -0.2) is 29.1 Å². The van der Waals surface area contributed by atoms with Crippen molar-refractivity contribution in [1.29, 1.82) is 0 Å². The van der Waals surface area contributed by atoms with Crippen molar-refractivity contribution in [2.45, 2.75) is 66.0 Å². The van der Waals surface area contributed by atoms with Crippen molar-refractivity contribution in [2.75, 3.05) is 0 Å². The lowest BCUT2D eigenvalue weighted by atomic mass is 9.87. The second kappa shape index (κ2) is 7.48. The van der Waals surface area contributed by atoms with Crippen LogP contribution in [0.3, 0.4) is 0 Å². The predicted octanol–water partition coefficient (Wildman–Crippen LogP) is 1.76. The van der Waals surface area contributed by atoms with Gasteiger partial charge in [0.05, 0.1) is 0 Å². The predicted molar refractivity (Wildman–Crippen MR) is 75.7 cm³/mol. The highest BCUT2D eigenvalue weighted by molar-refractivity contribution is 5.83. The zero-order valence-electron chi connectivity index (χ0n) is 12.7. The van der Waals surface area contributed by atoms with Gasteiger partial charge < -0.3 is 16.2 Å². The van der Waals surface area contributed by atoms with E-state index in [1.54, 1.807) is 0 Å². The smallest absolute Gasteiger partial charge is 0.326 e. The Morgan fingerprint density at radius 3 is 2.16 bits per heavy atom. The maximum atomic E-state index is 11.8. The lowest BCUT2D eigenvalue weighted by Crippen LogP contribution is -2.44. The van der Waals surface area contributed by atoms with Gasteiger partial charge in [-0.1, -0.05) is 34.6 Å². The van der Waals surface area contributed by atoms with Gasteiger partial charge in [0, 0.05) is 12.5 Å². The summed E-state index contributed by atoms with van der Waals surface area (Å²) in [7, 11) is 0. The fourth-order valence-electron chi connectivity index (χ4n) is 2.04. The fraction of sp³-hybridized carbons (Fsp3) is 0.857. The van der Waals surface area contributed by atoms with Crippen molar-refractivity contribution in [2.24, 2.45) is 17.1 Å². The summed E-state index contributed by atoms with van der Waals surface area (Å²) < 4.78 is 0. The van der Waals surface area contributed by atoms with Gasteiger partial charge in [0.1, 0.15) is 6.04 Å². The van der Waals surface area contributed by atoms with Crippen molar-refractivity contribution < 1.29 is 14.7 Å². The third-order valence-electron chi connectivity index (χ3n) is 2.66. The third-order valence-corrected chi connectivity index (χ3v) is 2.66. The Balaban J connectivity index is 4.30.